The molecule has 0 aliphatic carbocycles. The van der Waals surface area contributed by atoms with Crippen molar-refractivity contribution >= 4 is 28.3 Å². The Morgan fingerprint density at radius 1 is 1.41 bits per heavy atom. The van der Waals surface area contributed by atoms with E-state index in [4.69, 9.17) is 21.8 Å². The lowest BCUT2D eigenvalue weighted by Gasteiger charge is -1.94. The van der Waals surface area contributed by atoms with Gasteiger partial charge in [-0.15, -0.1) is 0 Å². The Labute approximate surface area is 102 Å². The van der Waals surface area contributed by atoms with Crippen LogP contribution in [0.15, 0.2) is 28.9 Å². The number of nitrogens with zero attached hydrogens (tertiary/aromatic N) is 1. The van der Waals surface area contributed by atoms with Crippen molar-refractivity contribution in [3.63, 3.8) is 0 Å². The van der Waals surface area contributed by atoms with E-state index in [1.165, 1.54) is 0 Å². The summed E-state index contributed by atoms with van der Waals surface area (Å²) in [5.74, 6) is 1.38. The Morgan fingerprint density at radius 2 is 2.24 bits per heavy atom. The van der Waals surface area contributed by atoms with E-state index in [1.807, 2.05) is 13.0 Å². The number of nitrogen functional groups attached to an aromatic ring is 1. The molecule has 0 aliphatic rings. The summed E-state index contributed by atoms with van der Waals surface area (Å²) in [6.45, 7) is 1.96. The second kappa shape index (κ2) is 3.53. The van der Waals surface area contributed by atoms with E-state index in [9.17, 15) is 0 Å². The number of nitrogens with two attached hydrogens (primary N) is 1. The molecule has 3 aromatic rings. The number of benzene rings is 1. The Balaban J connectivity index is 2.27. The Bertz CT molecular complexity index is 699. The van der Waals surface area contributed by atoms with Crippen LogP contribution in [0.25, 0.3) is 22.6 Å². The summed E-state index contributed by atoms with van der Waals surface area (Å²) in [6.07, 6.45) is 1.63. The van der Waals surface area contributed by atoms with Gasteiger partial charge in [0.15, 0.2) is 11.6 Å². The minimum absolute atomic E-state index is 0.555. The fourth-order valence-corrected chi connectivity index (χ4v) is 2.06. The molecule has 0 atom stereocenters. The fraction of sp³-hybridized carbons (Fsp3) is 0.0833. The van der Waals surface area contributed by atoms with Gasteiger partial charge in [0.05, 0.1) is 17.5 Å². The lowest BCUT2D eigenvalue weighted by atomic mass is 10.3. The van der Waals surface area contributed by atoms with Crippen LogP contribution in [0.2, 0.25) is 5.02 Å². The van der Waals surface area contributed by atoms with Crippen LogP contribution in [-0.4, -0.2) is 9.97 Å². The maximum absolute atomic E-state index is 5.94. The summed E-state index contributed by atoms with van der Waals surface area (Å²) < 4.78 is 5.38. The zero-order valence-electron chi connectivity index (χ0n) is 9.12. The zero-order chi connectivity index (χ0) is 12.0. The van der Waals surface area contributed by atoms with Crippen molar-refractivity contribution in [2.75, 3.05) is 5.73 Å². The molecule has 0 bridgehead atoms. The van der Waals surface area contributed by atoms with Crippen LogP contribution in [0.5, 0.6) is 0 Å². The highest BCUT2D eigenvalue weighted by Crippen LogP contribution is 2.29. The summed E-state index contributed by atoms with van der Waals surface area (Å²) in [5.41, 5.74) is 8.96. The van der Waals surface area contributed by atoms with Gasteiger partial charge in [0.2, 0.25) is 0 Å². The minimum Gasteiger partial charge on any atom is -0.461 e. The quantitative estimate of drug-likeness (QED) is 0.648. The van der Waals surface area contributed by atoms with Crippen molar-refractivity contribution in [3.05, 3.63) is 35.0 Å². The Hall–Kier alpha value is -1.94. The molecule has 86 valence electrons. The normalized spacial score (nSPS) is 11.2. The predicted molar refractivity (Wildman–Crippen MR) is 68.0 cm³/mol. The van der Waals surface area contributed by atoms with E-state index >= 15 is 0 Å². The molecule has 0 amide bonds. The van der Waals surface area contributed by atoms with Crippen LogP contribution in [0.4, 0.5) is 5.69 Å². The van der Waals surface area contributed by atoms with Crippen LogP contribution in [0, 0.1) is 6.92 Å². The van der Waals surface area contributed by atoms with Crippen molar-refractivity contribution < 1.29 is 4.42 Å². The lowest BCUT2D eigenvalue weighted by Crippen LogP contribution is -1.86. The van der Waals surface area contributed by atoms with Gasteiger partial charge in [-0.2, -0.15) is 0 Å². The second-order valence-corrected chi connectivity index (χ2v) is 4.35. The molecule has 3 rings (SSSR count). The summed E-state index contributed by atoms with van der Waals surface area (Å²) in [5, 5.41) is 0.585. The molecular formula is C12H10ClN3O. The third-order valence-electron chi connectivity index (χ3n) is 2.66. The number of aromatic amines is 1. The van der Waals surface area contributed by atoms with Crippen LogP contribution in [0.3, 0.4) is 0 Å². The standard InChI is InChI=1S/C12H10ClN3O/c1-6-2-3-17-11(6)12-15-9-5-7(13)4-8(14)10(9)16-12/h2-5H,14H2,1H3,(H,15,16). The number of hydrogen-bond donors (Lipinski definition) is 2. The number of imidazole rings is 1. The first kappa shape index (κ1) is 10.2. The van der Waals surface area contributed by atoms with Crippen LogP contribution >= 0.6 is 11.6 Å². The number of anilines is 1. The zero-order valence-corrected chi connectivity index (χ0v) is 9.88. The summed E-state index contributed by atoms with van der Waals surface area (Å²) in [6, 6.07) is 5.37. The molecule has 0 radical (unpaired) electrons. The molecule has 4 nitrogen and oxygen atoms in total. The molecule has 0 spiro atoms. The molecule has 2 heterocycles. The maximum Gasteiger partial charge on any atom is 0.174 e. The predicted octanol–water partition coefficient (Wildman–Crippen LogP) is 3.37. The van der Waals surface area contributed by atoms with E-state index in [0.717, 1.165) is 16.8 Å². The van der Waals surface area contributed by atoms with E-state index in [1.54, 1.807) is 18.4 Å². The first-order valence-electron chi connectivity index (χ1n) is 5.14. The first-order valence-corrected chi connectivity index (χ1v) is 5.52. The average molecular weight is 248 g/mol. The van der Waals surface area contributed by atoms with E-state index in [0.29, 0.717) is 22.1 Å². The van der Waals surface area contributed by atoms with Gasteiger partial charge in [0.25, 0.3) is 0 Å². The van der Waals surface area contributed by atoms with Crippen LogP contribution < -0.4 is 5.73 Å². The highest BCUT2D eigenvalue weighted by molar-refractivity contribution is 6.31. The SMILES string of the molecule is Cc1ccoc1-c1nc2c(N)cc(Cl)cc2[nH]1. The third-order valence-corrected chi connectivity index (χ3v) is 2.88. The first-order chi connectivity index (χ1) is 8.15. The number of aryl methyl sites for hydroxylation is 1. The minimum atomic E-state index is 0.555. The van der Waals surface area contributed by atoms with Gasteiger partial charge in [0.1, 0.15) is 5.52 Å². The summed E-state index contributed by atoms with van der Waals surface area (Å²) in [7, 11) is 0. The lowest BCUT2D eigenvalue weighted by molar-refractivity contribution is 0.577. The molecule has 0 saturated heterocycles. The van der Waals surface area contributed by atoms with Crippen molar-refractivity contribution in [1.82, 2.24) is 9.97 Å². The van der Waals surface area contributed by atoms with Gasteiger partial charge < -0.3 is 15.1 Å². The van der Waals surface area contributed by atoms with E-state index < -0.39 is 0 Å². The van der Waals surface area contributed by atoms with Gasteiger partial charge in [-0.05, 0) is 30.7 Å². The number of nitrogens with one attached hydrogen (secondary N) is 1. The molecule has 0 fully saturated rings. The average Bonchev–Trinajstić information content (AvgIpc) is 2.83. The topological polar surface area (TPSA) is 67.8 Å². The van der Waals surface area contributed by atoms with Gasteiger partial charge in [-0.1, -0.05) is 11.6 Å². The third kappa shape index (κ3) is 1.57. The summed E-state index contributed by atoms with van der Waals surface area (Å²) in [4.78, 5) is 7.57. The molecule has 1 aromatic carbocycles. The smallest absolute Gasteiger partial charge is 0.174 e. The molecule has 5 heteroatoms. The number of aromatic nitrogens is 2. The number of fused-ring (bicyclic) bond motifs is 1. The van der Waals surface area contributed by atoms with Crippen LogP contribution in [-0.2, 0) is 0 Å². The number of furan rings is 1. The largest absolute Gasteiger partial charge is 0.461 e. The Morgan fingerprint density at radius 3 is 2.94 bits per heavy atom. The molecule has 0 aliphatic heterocycles. The van der Waals surface area contributed by atoms with Crippen molar-refractivity contribution in [1.29, 1.82) is 0 Å². The molecule has 0 unspecified atom stereocenters. The van der Waals surface area contributed by atoms with Crippen molar-refractivity contribution in [2.45, 2.75) is 6.92 Å². The van der Waals surface area contributed by atoms with Crippen molar-refractivity contribution in [3.8, 4) is 11.6 Å². The van der Waals surface area contributed by atoms with Crippen LogP contribution in [0.1, 0.15) is 5.56 Å². The van der Waals surface area contributed by atoms with Crippen molar-refractivity contribution in [2.24, 2.45) is 0 Å². The van der Waals surface area contributed by atoms with Gasteiger partial charge >= 0.3 is 0 Å². The highest BCUT2D eigenvalue weighted by atomic mass is 35.5. The maximum atomic E-state index is 5.94. The molecular weight excluding hydrogens is 238 g/mol. The van der Waals surface area contributed by atoms with E-state index in [2.05, 4.69) is 9.97 Å². The van der Waals surface area contributed by atoms with Gasteiger partial charge in [0, 0.05) is 5.02 Å². The highest BCUT2D eigenvalue weighted by Gasteiger charge is 2.12. The van der Waals surface area contributed by atoms with Gasteiger partial charge in [-0.25, -0.2) is 4.98 Å². The number of hydrogen-bond acceptors (Lipinski definition) is 3. The summed E-state index contributed by atoms with van der Waals surface area (Å²) >= 11 is 5.94. The number of rotatable bonds is 1. The second-order valence-electron chi connectivity index (χ2n) is 3.91. The fourth-order valence-electron chi connectivity index (χ4n) is 1.83. The molecule has 2 aromatic heterocycles. The van der Waals surface area contributed by atoms with E-state index in [-0.39, 0.29) is 0 Å². The monoisotopic (exact) mass is 247 g/mol. The number of halogens is 1. The molecule has 17 heavy (non-hydrogen) atoms. The van der Waals surface area contributed by atoms with Gasteiger partial charge in [-0.3, -0.25) is 0 Å². The Kier molecular flexibility index (Phi) is 2.12. The molecule has 0 saturated carbocycles. The number of H-pyrrole nitrogens is 1. The molecule has 3 N–H and O–H groups in total.